The van der Waals surface area contributed by atoms with Gasteiger partial charge < -0.3 is 33.8 Å². The van der Waals surface area contributed by atoms with Gasteiger partial charge in [0.1, 0.15) is 19.3 Å². The molecule has 0 heterocycles. The Bertz CT molecular complexity index is 1730. The number of aliphatic hydroxyl groups is 1. The summed E-state index contributed by atoms with van der Waals surface area (Å²) >= 11 is 0. The Labute approximate surface area is 503 Å². The molecule has 0 aromatic carbocycles. The standard InChI is InChI=1S/C64H120O17P2/c1-7-11-13-15-17-19-20-21-22-23-24-25-27-36-42-48-63(68)80-59(53-75-62(67)47-41-35-30-28-32-38-44-56(5)9-3)54-78-82(70,71)76-50-58(65)51-77-83(72,73)79-55-60(52-74-61(66)46-40-34-26-18-16-14-12-8-2)81-64(69)49-43-37-31-29-33-39-45-57(6)10-4/h19-22,56-60,65H,7-18,23-55H2,1-6H3,(H,70,71)(H,72,73)/b20-19-,22-21-/t56?,57?,58-,59-,60-/m1/s1. The molecule has 488 valence electrons. The number of allylic oxidation sites excluding steroid dienone is 4. The van der Waals surface area contributed by atoms with Crippen molar-refractivity contribution in [2.24, 2.45) is 11.8 Å². The van der Waals surface area contributed by atoms with Gasteiger partial charge in [-0.25, -0.2) is 9.13 Å². The van der Waals surface area contributed by atoms with Gasteiger partial charge in [0.15, 0.2) is 12.2 Å². The Morgan fingerprint density at radius 1 is 0.386 bits per heavy atom. The molecule has 3 N–H and O–H groups in total. The highest BCUT2D eigenvalue weighted by molar-refractivity contribution is 7.47. The molecule has 0 saturated heterocycles. The first-order chi connectivity index (χ1) is 39.9. The Kier molecular flexibility index (Phi) is 54.4. The lowest BCUT2D eigenvalue weighted by molar-refractivity contribution is -0.161. The Hall–Kier alpha value is -2.46. The molecule has 0 aliphatic carbocycles. The number of unbranched alkanes of at least 4 members (excludes halogenated alkanes) is 26. The number of carbonyl (C=O) groups excluding carboxylic acids is 4. The summed E-state index contributed by atoms with van der Waals surface area (Å²) in [5, 5.41) is 10.5. The molecule has 7 atom stereocenters. The van der Waals surface area contributed by atoms with E-state index < -0.39 is 97.5 Å². The fourth-order valence-corrected chi connectivity index (χ4v) is 10.5. The lowest BCUT2D eigenvalue weighted by Gasteiger charge is -2.21. The largest absolute Gasteiger partial charge is 0.472 e. The molecule has 0 rings (SSSR count). The van der Waals surface area contributed by atoms with Crippen molar-refractivity contribution in [1.29, 1.82) is 0 Å². The van der Waals surface area contributed by atoms with Crippen LogP contribution in [0.15, 0.2) is 24.3 Å². The summed E-state index contributed by atoms with van der Waals surface area (Å²) in [6.45, 7) is 9.30. The topological polar surface area (TPSA) is 237 Å². The van der Waals surface area contributed by atoms with Gasteiger partial charge >= 0.3 is 39.5 Å². The second-order valence-electron chi connectivity index (χ2n) is 22.9. The molecule has 0 aromatic heterocycles. The fraction of sp³-hybridized carbons (Fsp3) is 0.875. The summed E-state index contributed by atoms with van der Waals surface area (Å²) in [5.41, 5.74) is 0. The lowest BCUT2D eigenvalue weighted by atomic mass is 10.00. The number of hydrogen-bond acceptors (Lipinski definition) is 15. The van der Waals surface area contributed by atoms with Gasteiger partial charge in [-0.2, -0.15) is 0 Å². The van der Waals surface area contributed by atoms with E-state index in [1.165, 1.54) is 83.5 Å². The summed E-state index contributed by atoms with van der Waals surface area (Å²) in [7, 11) is -9.90. The van der Waals surface area contributed by atoms with Crippen molar-refractivity contribution in [2.45, 2.75) is 310 Å². The van der Waals surface area contributed by atoms with Gasteiger partial charge in [0, 0.05) is 25.7 Å². The second-order valence-corrected chi connectivity index (χ2v) is 25.9. The van der Waals surface area contributed by atoms with Crippen molar-refractivity contribution in [3.63, 3.8) is 0 Å². The number of carbonyl (C=O) groups is 4. The van der Waals surface area contributed by atoms with Gasteiger partial charge in [0.2, 0.25) is 0 Å². The number of phosphoric ester groups is 2. The normalized spacial score (nSPS) is 15.1. The van der Waals surface area contributed by atoms with Crippen molar-refractivity contribution in [3.05, 3.63) is 24.3 Å². The van der Waals surface area contributed by atoms with Gasteiger partial charge in [-0.3, -0.25) is 37.3 Å². The maximum Gasteiger partial charge on any atom is 0.472 e. The minimum Gasteiger partial charge on any atom is -0.462 e. The van der Waals surface area contributed by atoms with E-state index in [1.807, 2.05) is 0 Å². The zero-order valence-corrected chi connectivity index (χ0v) is 54.8. The van der Waals surface area contributed by atoms with Crippen molar-refractivity contribution in [1.82, 2.24) is 0 Å². The minimum absolute atomic E-state index is 0.0836. The van der Waals surface area contributed by atoms with Gasteiger partial charge in [-0.15, -0.1) is 0 Å². The number of rotatable bonds is 61. The van der Waals surface area contributed by atoms with Crippen LogP contribution in [-0.4, -0.2) is 96.7 Å². The molecule has 0 radical (unpaired) electrons. The van der Waals surface area contributed by atoms with Gasteiger partial charge in [-0.05, 0) is 63.2 Å². The molecule has 0 aliphatic rings. The molecule has 0 saturated carbocycles. The van der Waals surface area contributed by atoms with E-state index in [0.29, 0.717) is 25.7 Å². The maximum absolute atomic E-state index is 13.0. The summed E-state index contributed by atoms with van der Waals surface area (Å²) in [4.78, 5) is 72.1. The van der Waals surface area contributed by atoms with Crippen LogP contribution >= 0.6 is 15.6 Å². The van der Waals surface area contributed by atoms with Crippen LogP contribution in [0.3, 0.4) is 0 Å². The molecule has 0 bridgehead atoms. The number of aliphatic hydroxyl groups excluding tert-OH is 1. The maximum atomic E-state index is 13.0. The zero-order chi connectivity index (χ0) is 61.5. The molecular formula is C64H120O17P2. The molecule has 0 fully saturated rings. The summed E-state index contributed by atoms with van der Waals surface area (Å²) in [5.74, 6) is -0.725. The van der Waals surface area contributed by atoms with Crippen LogP contribution in [0.5, 0.6) is 0 Å². The first-order valence-electron chi connectivity index (χ1n) is 32.9. The van der Waals surface area contributed by atoms with E-state index in [0.717, 1.165) is 127 Å². The molecule has 4 unspecified atom stereocenters. The summed E-state index contributed by atoms with van der Waals surface area (Å²) in [6.07, 6.45) is 41.3. The van der Waals surface area contributed by atoms with Crippen molar-refractivity contribution in [2.75, 3.05) is 39.6 Å². The number of ether oxygens (including phenoxy) is 4. The van der Waals surface area contributed by atoms with E-state index in [9.17, 15) is 43.2 Å². The fourth-order valence-electron chi connectivity index (χ4n) is 8.93. The SMILES string of the molecule is CCCCCC/C=C\C=C/CCCCCCCC(=O)O[C@H](COC(=O)CCCCCCCCC(C)CC)COP(=O)(O)OC[C@@H](O)COP(=O)(O)OC[C@@H](COC(=O)CCCCCCCCCC)OC(=O)CCCCCCCCC(C)CC. The van der Waals surface area contributed by atoms with Crippen molar-refractivity contribution >= 4 is 39.5 Å². The molecule has 0 amide bonds. The third-order valence-electron chi connectivity index (χ3n) is 14.8. The first-order valence-corrected chi connectivity index (χ1v) is 35.9. The highest BCUT2D eigenvalue weighted by Crippen LogP contribution is 2.45. The van der Waals surface area contributed by atoms with Crippen LogP contribution in [0, 0.1) is 11.8 Å². The van der Waals surface area contributed by atoms with E-state index in [-0.39, 0.29) is 25.7 Å². The monoisotopic (exact) mass is 1220 g/mol. The third-order valence-corrected chi connectivity index (χ3v) is 16.7. The molecule has 19 heteroatoms. The quantitative estimate of drug-likeness (QED) is 0.0169. The molecular weight excluding hydrogens is 1100 g/mol. The summed E-state index contributed by atoms with van der Waals surface area (Å²) < 4.78 is 67.9. The van der Waals surface area contributed by atoms with Crippen LogP contribution in [-0.2, 0) is 65.4 Å². The predicted molar refractivity (Wildman–Crippen MR) is 331 cm³/mol. The average molecular weight is 1220 g/mol. The third kappa shape index (κ3) is 55.8. The Morgan fingerprint density at radius 3 is 1.02 bits per heavy atom. The number of esters is 4. The molecule has 83 heavy (non-hydrogen) atoms. The zero-order valence-electron chi connectivity index (χ0n) is 53.0. The van der Waals surface area contributed by atoms with Crippen molar-refractivity contribution < 1.29 is 80.2 Å². The van der Waals surface area contributed by atoms with E-state index in [4.69, 9.17) is 37.0 Å². The van der Waals surface area contributed by atoms with E-state index >= 15 is 0 Å². The van der Waals surface area contributed by atoms with Crippen LogP contribution in [0.1, 0.15) is 292 Å². The summed E-state index contributed by atoms with van der Waals surface area (Å²) in [6, 6.07) is 0. The van der Waals surface area contributed by atoms with Gasteiger partial charge in [0.25, 0.3) is 0 Å². The van der Waals surface area contributed by atoms with Crippen LogP contribution < -0.4 is 0 Å². The smallest absolute Gasteiger partial charge is 0.462 e. The van der Waals surface area contributed by atoms with E-state index in [2.05, 4.69) is 65.8 Å². The molecule has 17 nitrogen and oxygen atoms in total. The molecule has 0 aliphatic heterocycles. The van der Waals surface area contributed by atoms with Crippen LogP contribution in [0.4, 0.5) is 0 Å². The lowest BCUT2D eigenvalue weighted by Crippen LogP contribution is -2.30. The minimum atomic E-state index is -4.95. The Balaban J connectivity index is 5.27. The van der Waals surface area contributed by atoms with Crippen molar-refractivity contribution in [3.8, 4) is 0 Å². The van der Waals surface area contributed by atoms with Crippen LogP contribution in [0.2, 0.25) is 0 Å². The molecule has 0 spiro atoms. The van der Waals surface area contributed by atoms with Gasteiger partial charge in [-0.1, -0.05) is 239 Å². The average Bonchev–Trinajstić information content (AvgIpc) is 3.47. The van der Waals surface area contributed by atoms with E-state index in [1.54, 1.807) is 0 Å². The Morgan fingerprint density at radius 2 is 0.675 bits per heavy atom. The highest BCUT2D eigenvalue weighted by atomic mass is 31.2. The molecule has 0 aromatic rings. The van der Waals surface area contributed by atoms with Crippen LogP contribution in [0.25, 0.3) is 0 Å². The highest BCUT2D eigenvalue weighted by Gasteiger charge is 2.30. The van der Waals surface area contributed by atoms with Gasteiger partial charge in [0.05, 0.1) is 26.4 Å². The number of phosphoric acid groups is 2. The predicted octanol–water partition coefficient (Wildman–Crippen LogP) is 17.2. The number of hydrogen-bond donors (Lipinski definition) is 3. The second kappa shape index (κ2) is 56.1. The first kappa shape index (κ1) is 80.5.